The van der Waals surface area contributed by atoms with Gasteiger partial charge in [0.1, 0.15) is 11.8 Å². The van der Waals surface area contributed by atoms with E-state index in [2.05, 4.69) is 17.2 Å². The first kappa shape index (κ1) is 31.9. The summed E-state index contributed by atoms with van der Waals surface area (Å²) in [4.78, 5) is 46.3. The van der Waals surface area contributed by atoms with E-state index in [1.807, 2.05) is 59.5 Å². The lowest BCUT2D eigenvalue weighted by Gasteiger charge is -2.33. The largest absolute Gasteiger partial charge is 0.497 e. The summed E-state index contributed by atoms with van der Waals surface area (Å²) in [6.45, 7) is 7.17. The quantitative estimate of drug-likeness (QED) is 0.306. The van der Waals surface area contributed by atoms with Gasteiger partial charge >= 0.3 is 0 Å². The van der Waals surface area contributed by atoms with E-state index in [4.69, 9.17) is 15.2 Å². The summed E-state index contributed by atoms with van der Waals surface area (Å²) in [5.41, 5.74) is 6.68. The van der Waals surface area contributed by atoms with Crippen molar-refractivity contribution in [1.29, 1.82) is 0 Å². The average Bonchev–Trinajstić information content (AvgIpc) is 3.45. The van der Waals surface area contributed by atoms with Gasteiger partial charge in [0.05, 0.1) is 38.1 Å². The Kier molecular flexibility index (Phi) is 10.7. The van der Waals surface area contributed by atoms with Crippen LogP contribution in [0.2, 0.25) is 0 Å². The number of carbonyl (C=O) groups is 3. The minimum Gasteiger partial charge on any atom is -0.497 e. The van der Waals surface area contributed by atoms with Crippen molar-refractivity contribution in [1.82, 2.24) is 14.5 Å². The lowest BCUT2D eigenvalue weighted by Crippen LogP contribution is -2.44. The lowest BCUT2D eigenvalue weighted by atomic mass is 9.91. The Bertz CT molecular complexity index is 1360. The molecule has 1 aliphatic heterocycles. The van der Waals surface area contributed by atoms with E-state index in [9.17, 15) is 14.4 Å². The van der Waals surface area contributed by atoms with E-state index < -0.39 is 23.4 Å². The van der Waals surface area contributed by atoms with Crippen molar-refractivity contribution in [2.75, 3.05) is 32.1 Å². The van der Waals surface area contributed by atoms with Gasteiger partial charge in [-0.2, -0.15) is 0 Å². The number of nitrogens with two attached hydrogens (primary N) is 1. The first-order chi connectivity index (χ1) is 20.5. The van der Waals surface area contributed by atoms with Gasteiger partial charge in [-0.25, -0.2) is 4.98 Å². The third kappa shape index (κ3) is 8.75. The number of hydrogen-bond donors (Lipinski definition) is 2. The van der Waals surface area contributed by atoms with Crippen LogP contribution in [0.25, 0.3) is 0 Å². The molecule has 4 rings (SSSR count). The van der Waals surface area contributed by atoms with Crippen LogP contribution in [0.3, 0.4) is 0 Å². The second-order valence-corrected chi connectivity index (χ2v) is 11.9. The van der Waals surface area contributed by atoms with Gasteiger partial charge < -0.3 is 30.0 Å². The molecule has 230 valence electrons. The van der Waals surface area contributed by atoms with Crippen LogP contribution in [-0.4, -0.2) is 64.4 Å². The number of likely N-dealkylation sites (tertiary alicyclic amines) is 1. The molecule has 2 amide bonds. The molecule has 2 atom stereocenters. The molecule has 1 fully saturated rings. The SMILES string of the molecule is COc1ccc([C@H](C(=O)N2CCC(C)CC2)n2cnc(NC(=O)[C@@H](COCc3ccccc3)CC(=O)C(C)(C)N)c2)cc1. The number of benzene rings is 2. The number of carbonyl (C=O) groups excluding carboxylic acids is 3. The van der Waals surface area contributed by atoms with Crippen molar-refractivity contribution in [2.24, 2.45) is 17.6 Å². The molecule has 10 nitrogen and oxygen atoms in total. The summed E-state index contributed by atoms with van der Waals surface area (Å²) in [5.74, 6) is 0.0802. The van der Waals surface area contributed by atoms with E-state index in [1.54, 1.807) is 38.0 Å². The van der Waals surface area contributed by atoms with Crippen LogP contribution in [0, 0.1) is 11.8 Å². The van der Waals surface area contributed by atoms with Crippen molar-refractivity contribution in [3.63, 3.8) is 0 Å². The number of ether oxygens (including phenoxy) is 2. The normalized spacial score (nSPS) is 15.5. The fourth-order valence-electron chi connectivity index (χ4n) is 5.01. The van der Waals surface area contributed by atoms with Gasteiger partial charge in [0.15, 0.2) is 11.6 Å². The number of hydrogen-bond acceptors (Lipinski definition) is 7. The second kappa shape index (κ2) is 14.4. The van der Waals surface area contributed by atoms with E-state index in [0.717, 1.165) is 24.0 Å². The van der Waals surface area contributed by atoms with E-state index >= 15 is 0 Å². The third-order valence-corrected chi connectivity index (χ3v) is 7.86. The summed E-state index contributed by atoms with van der Waals surface area (Å²) in [7, 11) is 1.60. The van der Waals surface area contributed by atoms with Crippen LogP contribution >= 0.6 is 0 Å². The number of Topliss-reactive ketones (excluding diaryl/α,β-unsaturated/α-hetero) is 1. The molecule has 0 unspecified atom stereocenters. The molecule has 3 N–H and O–H groups in total. The molecule has 2 aromatic carbocycles. The lowest BCUT2D eigenvalue weighted by molar-refractivity contribution is -0.135. The molecule has 3 aromatic rings. The van der Waals surface area contributed by atoms with E-state index in [-0.39, 0.29) is 30.5 Å². The second-order valence-electron chi connectivity index (χ2n) is 11.9. The Morgan fingerprint density at radius 2 is 1.74 bits per heavy atom. The molecule has 1 saturated heterocycles. The van der Waals surface area contributed by atoms with Crippen LogP contribution in [-0.2, 0) is 25.7 Å². The zero-order valence-electron chi connectivity index (χ0n) is 25.5. The maximum atomic E-state index is 13.8. The minimum absolute atomic E-state index is 0.0313. The van der Waals surface area contributed by atoms with Crippen molar-refractivity contribution < 1.29 is 23.9 Å². The molecular weight excluding hydrogens is 546 g/mol. The number of nitrogens with zero attached hydrogens (tertiary/aromatic N) is 3. The van der Waals surface area contributed by atoms with Crippen molar-refractivity contribution in [3.05, 3.63) is 78.2 Å². The minimum atomic E-state index is -1.09. The molecule has 0 saturated carbocycles. The maximum Gasteiger partial charge on any atom is 0.250 e. The number of methoxy groups -OCH3 is 1. The van der Waals surface area contributed by atoms with Gasteiger partial charge in [0, 0.05) is 25.7 Å². The summed E-state index contributed by atoms with van der Waals surface area (Å²) < 4.78 is 12.9. The van der Waals surface area contributed by atoms with Gasteiger partial charge in [-0.3, -0.25) is 14.4 Å². The highest BCUT2D eigenvalue weighted by Gasteiger charge is 2.32. The zero-order chi connectivity index (χ0) is 31.0. The van der Waals surface area contributed by atoms with Crippen molar-refractivity contribution >= 4 is 23.4 Å². The van der Waals surface area contributed by atoms with Crippen LogP contribution in [0.4, 0.5) is 5.82 Å². The topological polar surface area (TPSA) is 129 Å². The highest BCUT2D eigenvalue weighted by Crippen LogP contribution is 2.27. The monoisotopic (exact) mass is 589 g/mol. The van der Waals surface area contributed by atoms with Gasteiger partial charge in [-0.15, -0.1) is 0 Å². The fourth-order valence-corrected chi connectivity index (χ4v) is 5.01. The van der Waals surface area contributed by atoms with Crippen LogP contribution < -0.4 is 15.8 Å². The maximum absolute atomic E-state index is 13.8. The standard InChI is InChI=1S/C33H43N5O5/c1-23-14-16-37(17-15-23)32(41)30(25-10-12-27(42-4)13-11-25)38-19-29(35-22-38)36-31(40)26(18-28(39)33(2,3)34)21-43-20-24-8-6-5-7-9-24/h5-13,19,22-23,26,30H,14-18,20-21,34H2,1-4H3,(H,36,40)/t26-,30-/m1/s1. The summed E-state index contributed by atoms with van der Waals surface area (Å²) >= 11 is 0. The Hall–Kier alpha value is -4.02. The Labute approximate surface area is 253 Å². The van der Waals surface area contributed by atoms with Gasteiger partial charge in [0.2, 0.25) is 11.8 Å². The Morgan fingerprint density at radius 1 is 1.07 bits per heavy atom. The molecule has 1 aliphatic rings. The van der Waals surface area contributed by atoms with Gasteiger partial charge in [-0.1, -0.05) is 49.4 Å². The molecule has 10 heteroatoms. The average molecular weight is 590 g/mol. The molecule has 2 heterocycles. The van der Waals surface area contributed by atoms with Gasteiger partial charge in [-0.05, 0) is 55.9 Å². The molecule has 1 aromatic heterocycles. The predicted molar refractivity (Wildman–Crippen MR) is 164 cm³/mol. The number of imidazole rings is 1. The number of aromatic nitrogens is 2. The highest BCUT2D eigenvalue weighted by atomic mass is 16.5. The summed E-state index contributed by atoms with van der Waals surface area (Å²) in [6, 6.07) is 16.3. The first-order valence-corrected chi connectivity index (χ1v) is 14.8. The fraction of sp³-hybridized carbons (Fsp3) is 0.455. The Morgan fingerprint density at radius 3 is 2.37 bits per heavy atom. The molecule has 0 spiro atoms. The molecule has 0 bridgehead atoms. The van der Waals surface area contributed by atoms with Crippen LogP contribution in [0.5, 0.6) is 5.75 Å². The summed E-state index contributed by atoms with van der Waals surface area (Å²) in [6.07, 6.45) is 5.03. The smallest absolute Gasteiger partial charge is 0.250 e. The van der Waals surface area contributed by atoms with Crippen LogP contribution in [0.1, 0.15) is 57.2 Å². The number of anilines is 1. The molecule has 0 radical (unpaired) electrons. The molecular formula is C33H43N5O5. The number of ketones is 1. The highest BCUT2D eigenvalue weighted by molar-refractivity contribution is 5.97. The number of piperidine rings is 1. The van der Waals surface area contributed by atoms with E-state index in [0.29, 0.717) is 31.4 Å². The summed E-state index contributed by atoms with van der Waals surface area (Å²) in [5, 5.41) is 2.83. The molecule has 0 aliphatic carbocycles. The number of amides is 2. The first-order valence-electron chi connectivity index (χ1n) is 14.8. The predicted octanol–water partition coefficient (Wildman–Crippen LogP) is 4.21. The number of rotatable bonds is 13. The van der Waals surface area contributed by atoms with Crippen LogP contribution in [0.15, 0.2) is 67.1 Å². The van der Waals surface area contributed by atoms with E-state index in [1.165, 1.54) is 0 Å². The van der Waals surface area contributed by atoms with Crippen molar-refractivity contribution in [2.45, 2.75) is 58.2 Å². The molecule has 43 heavy (non-hydrogen) atoms. The zero-order valence-corrected chi connectivity index (χ0v) is 25.5. The number of nitrogens with one attached hydrogen (secondary N) is 1. The third-order valence-electron chi connectivity index (χ3n) is 7.86. The van der Waals surface area contributed by atoms with Gasteiger partial charge in [0.25, 0.3) is 0 Å². The Balaban J connectivity index is 1.52. The van der Waals surface area contributed by atoms with Crippen molar-refractivity contribution in [3.8, 4) is 5.75 Å².